The molecule has 0 fully saturated rings. The van der Waals surface area contributed by atoms with Gasteiger partial charge in [-0.3, -0.25) is 0 Å². The topological polar surface area (TPSA) is 25.5 Å². The van der Waals surface area contributed by atoms with E-state index < -0.39 is 0 Å². The molecule has 0 unspecified atom stereocenters. The van der Waals surface area contributed by atoms with Gasteiger partial charge in [-0.15, -0.1) is 11.3 Å². The Bertz CT molecular complexity index is 792. The standard InChI is InChI=1S/C17H17NOS/c1-17(2,3)18-16-13-8-5-4-7-12(13)11-14(19-16)15-9-6-10-20-15/h4-11H,1-3H3. The van der Waals surface area contributed by atoms with Gasteiger partial charge < -0.3 is 4.42 Å². The van der Waals surface area contributed by atoms with Gasteiger partial charge in [0, 0.05) is 5.39 Å². The molecule has 2 nitrogen and oxygen atoms in total. The van der Waals surface area contributed by atoms with Gasteiger partial charge in [0.1, 0.15) is 5.76 Å². The van der Waals surface area contributed by atoms with Crippen LogP contribution >= 0.6 is 11.3 Å². The third kappa shape index (κ3) is 2.68. The predicted molar refractivity (Wildman–Crippen MR) is 84.8 cm³/mol. The van der Waals surface area contributed by atoms with E-state index in [2.05, 4.69) is 50.4 Å². The fourth-order valence-electron chi connectivity index (χ4n) is 2.08. The highest BCUT2D eigenvalue weighted by Gasteiger charge is 2.10. The van der Waals surface area contributed by atoms with E-state index in [-0.39, 0.29) is 5.54 Å². The lowest BCUT2D eigenvalue weighted by Gasteiger charge is -2.11. The number of nitrogens with zero attached hydrogens (tertiary/aromatic N) is 1. The first kappa shape index (κ1) is 13.1. The Kier molecular flexibility index (Phi) is 3.22. The van der Waals surface area contributed by atoms with Gasteiger partial charge in [-0.1, -0.05) is 24.3 Å². The van der Waals surface area contributed by atoms with Crippen LogP contribution in [0.4, 0.5) is 0 Å². The molecule has 0 amide bonds. The van der Waals surface area contributed by atoms with E-state index in [1.54, 1.807) is 11.3 Å². The lowest BCUT2D eigenvalue weighted by Crippen LogP contribution is -2.17. The molecule has 0 bridgehead atoms. The zero-order valence-electron chi connectivity index (χ0n) is 11.9. The Labute approximate surface area is 122 Å². The molecule has 102 valence electrons. The van der Waals surface area contributed by atoms with Crippen LogP contribution in [-0.4, -0.2) is 5.54 Å². The van der Waals surface area contributed by atoms with Gasteiger partial charge in [-0.2, -0.15) is 0 Å². The summed E-state index contributed by atoms with van der Waals surface area (Å²) in [5.74, 6) is 0.877. The van der Waals surface area contributed by atoms with Crippen molar-refractivity contribution in [1.29, 1.82) is 0 Å². The summed E-state index contributed by atoms with van der Waals surface area (Å²) in [7, 11) is 0. The molecule has 3 aromatic rings. The Morgan fingerprint density at radius 3 is 2.55 bits per heavy atom. The van der Waals surface area contributed by atoms with E-state index in [1.807, 2.05) is 18.2 Å². The van der Waals surface area contributed by atoms with E-state index in [1.165, 1.54) is 0 Å². The summed E-state index contributed by atoms with van der Waals surface area (Å²) < 4.78 is 6.05. The maximum absolute atomic E-state index is 6.05. The van der Waals surface area contributed by atoms with Crippen molar-refractivity contribution >= 4 is 22.1 Å². The predicted octanol–water partition coefficient (Wildman–Crippen LogP) is 4.86. The molecule has 0 spiro atoms. The molecular formula is C17H17NOS. The molecule has 0 atom stereocenters. The first-order chi connectivity index (χ1) is 9.53. The average Bonchev–Trinajstić information content (AvgIpc) is 2.90. The Morgan fingerprint density at radius 2 is 1.85 bits per heavy atom. The van der Waals surface area contributed by atoms with Crippen molar-refractivity contribution < 1.29 is 4.42 Å². The van der Waals surface area contributed by atoms with Crippen LogP contribution < -0.4 is 5.55 Å². The summed E-state index contributed by atoms with van der Waals surface area (Å²) in [6, 6.07) is 14.4. The molecular weight excluding hydrogens is 266 g/mol. The highest BCUT2D eigenvalue weighted by atomic mass is 32.1. The molecule has 0 aliphatic heterocycles. The van der Waals surface area contributed by atoms with Crippen LogP contribution in [0.5, 0.6) is 0 Å². The fourth-order valence-corrected chi connectivity index (χ4v) is 2.75. The van der Waals surface area contributed by atoms with Gasteiger partial charge in [-0.05, 0) is 49.7 Å². The van der Waals surface area contributed by atoms with Crippen molar-refractivity contribution in [3.8, 4) is 10.6 Å². The van der Waals surface area contributed by atoms with E-state index in [9.17, 15) is 0 Å². The van der Waals surface area contributed by atoms with E-state index in [4.69, 9.17) is 9.41 Å². The quantitative estimate of drug-likeness (QED) is 0.626. The summed E-state index contributed by atoms with van der Waals surface area (Å²) in [4.78, 5) is 5.85. The van der Waals surface area contributed by atoms with Crippen molar-refractivity contribution in [2.45, 2.75) is 26.3 Å². The molecule has 0 radical (unpaired) electrons. The first-order valence-corrected chi connectivity index (χ1v) is 7.53. The van der Waals surface area contributed by atoms with E-state index in [0.29, 0.717) is 5.55 Å². The molecule has 0 saturated heterocycles. The largest absolute Gasteiger partial charge is 0.437 e. The Balaban J connectivity index is 2.34. The smallest absolute Gasteiger partial charge is 0.223 e. The molecule has 2 aromatic heterocycles. The number of thiophene rings is 1. The first-order valence-electron chi connectivity index (χ1n) is 6.66. The minimum absolute atomic E-state index is 0.166. The van der Waals surface area contributed by atoms with E-state index in [0.717, 1.165) is 21.4 Å². The van der Waals surface area contributed by atoms with Crippen LogP contribution in [0.3, 0.4) is 0 Å². The lowest BCUT2D eigenvalue weighted by molar-refractivity contribution is 0.467. The molecule has 0 aliphatic carbocycles. The van der Waals surface area contributed by atoms with Crippen LogP contribution in [-0.2, 0) is 0 Å². The van der Waals surface area contributed by atoms with Gasteiger partial charge in [-0.25, -0.2) is 4.99 Å². The average molecular weight is 283 g/mol. The molecule has 20 heavy (non-hydrogen) atoms. The van der Waals surface area contributed by atoms with Crippen LogP contribution in [0.15, 0.2) is 57.3 Å². The minimum atomic E-state index is -0.166. The van der Waals surface area contributed by atoms with Crippen LogP contribution in [0.1, 0.15) is 20.8 Å². The summed E-state index contributed by atoms with van der Waals surface area (Å²) in [5.41, 5.74) is 0.541. The van der Waals surface area contributed by atoms with Gasteiger partial charge >= 0.3 is 0 Å². The van der Waals surface area contributed by atoms with Gasteiger partial charge in [0.2, 0.25) is 5.55 Å². The fraction of sp³-hybridized carbons (Fsp3) is 0.235. The maximum atomic E-state index is 6.05. The normalized spacial score (nSPS) is 13.1. The zero-order chi connectivity index (χ0) is 14.2. The zero-order valence-corrected chi connectivity index (χ0v) is 12.7. The number of benzene rings is 1. The van der Waals surface area contributed by atoms with Gasteiger partial charge in [0.25, 0.3) is 0 Å². The summed E-state index contributed by atoms with van der Waals surface area (Å²) in [5, 5.41) is 4.27. The molecule has 0 N–H and O–H groups in total. The van der Waals surface area contributed by atoms with Crippen molar-refractivity contribution in [3.63, 3.8) is 0 Å². The monoisotopic (exact) mass is 283 g/mol. The van der Waals surface area contributed by atoms with Crippen molar-refractivity contribution in [3.05, 3.63) is 53.4 Å². The second-order valence-electron chi connectivity index (χ2n) is 5.76. The maximum Gasteiger partial charge on any atom is 0.223 e. The van der Waals surface area contributed by atoms with Gasteiger partial charge in [0.15, 0.2) is 0 Å². The molecule has 2 heterocycles. The second kappa shape index (κ2) is 4.91. The number of hydrogen-bond acceptors (Lipinski definition) is 3. The SMILES string of the molecule is CC(C)(C)N=c1oc(-c2cccs2)cc2ccccc12. The Morgan fingerprint density at radius 1 is 1.05 bits per heavy atom. The van der Waals surface area contributed by atoms with Crippen molar-refractivity contribution in [2.24, 2.45) is 4.99 Å². The Hall–Kier alpha value is -1.87. The molecule has 1 aromatic carbocycles. The van der Waals surface area contributed by atoms with Crippen LogP contribution in [0.25, 0.3) is 21.4 Å². The molecule has 0 saturated carbocycles. The summed E-state index contributed by atoms with van der Waals surface area (Å²) in [6.07, 6.45) is 0. The van der Waals surface area contributed by atoms with Crippen LogP contribution in [0, 0.1) is 0 Å². The lowest BCUT2D eigenvalue weighted by atomic mass is 10.1. The van der Waals surface area contributed by atoms with Crippen molar-refractivity contribution in [1.82, 2.24) is 0 Å². The van der Waals surface area contributed by atoms with Gasteiger partial charge in [0.05, 0.1) is 10.4 Å². The van der Waals surface area contributed by atoms with E-state index >= 15 is 0 Å². The minimum Gasteiger partial charge on any atom is -0.437 e. The number of fused-ring (bicyclic) bond motifs is 1. The molecule has 3 heteroatoms. The third-order valence-corrected chi connectivity index (χ3v) is 3.77. The highest BCUT2D eigenvalue weighted by Crippen LogP contribution is 2.26. The molecule has 0 aliphatic rings. The summed E-state index contributed by atoms with van der Waals surface area (Å²) in [6.45, 7) is 6.24. The molecule has 3 rings (SSSR count). The second-order valence-corrected chi connectivity index (χ2v) is 6.71. The summed E-state index contributed by atoms with van der Waals surface area (Å²) >= 11 is 1.68. The highest BCUT2D eigenvalue weighted by molar-refractivity contribution is 7.13. The third-order valence-electron chi connectivity index (χ3n) is 2.89. The van der Waals surface area contributed by atoms with Crippen LogP contribution in [0.2, 0.25) is 0 Å². The van der Waals surface area contributed by atoms with Crippen molar-refractivity contribution in [2.75, 3.05) is 0 Å². The number of hydrogen-bond donors (Lipinski definition) is 0. The number of rotatable bonds is 1.